The molecule has 0 spiro atoms. The first-order valence-electron chi connectivity index (χ1n) is 7.48. The van der Waals surface area contributed by atoms with Crippen LogP contribution in [0.25, 0.3) is 10.9 Å². The Hall–Kier alpha value is -2.08. The van der Waals surface area contributed by atoms with Gasteiger partial charge >= 0.3 is 0 Å². The quantitative estimate of drug-likeness (QED) is 0.600. The summed E-state index contributed by atoms with van der Waals surface area (Å²) in [6, 6.07) is 9.07. The lowest BCUT2D eigenvalue weighted by molar-refractivity contribution is -0.118. The molecule has 1 amide bonds. The van der Waals surface area contributed by atoms with Crippen LogP contribution in [0.15, 0.2) is 36.4 Å². The molecule has 26 heavy (non-hydrogen) atoms. The molecule has 3 rings (SSSR count). The van der Waals surface area contributed by atoms with E-state index < -0.39 is 11.7 Å². The van der Waals surface area contributed by atoms with E-state index in [0.717, 1.165) is 11.8 Å². The third kappa shape index (κ3) is 4.01. The number of carbonyl (C=O) groups is 1. The van der Waals surface area contributed by atoms with Crippen molar-refractivity contribution in [2.24, 2.45) is 0 Å². The fourth-order valence-electron chi connectivity index (χ4n) is 2.34. The average Bonchev–Trinajstić information content (AvgIpc) is 2.57. The van der Waals surface area contributed by atoms with Crippen molar-refractivity contribution in [1.29, 1.82) is 0 Å². The van der Waals surface area contributed by atoms with Crippen molar-refractivity contribution in [2.75, 3.05) is 11.9 Å². The summed E-state index contributed by atoms with van der Waals surface area (Å²) < 4.78 is 19.3. The molecule has 0 saturated carbocycles. The molecular weight excluding hydrogens is 402 g/mol. The molecule has 0 fully saturated rings. The number of nitrogens with zero attached hydrogens (tertiary/aromatic N) is 1. The highest BCUT2D eigenvalue weighted by molar-refractivity contribution is 6.39. The van der Waals surface area contributed by atoms with Gasteiger partial charge in [-0.25, -0.2) is 9.37 Å². The topological polar surface area (TPSA) is 51.2 Å². The number of rotatable bonds is 4. The number of fused-ring (bicyclic) bond motifs is 1. The third-order valence-corrected chi connectivity index (χ3v) is 4.36. The van der Waals surface area contributed by atoms with Crippen molar-refractivity contribution >= 4 is 57.3 Å². The van der Waals surface area contributed by atoms with Gasteiger partial charge < -0.3 is 10.1 Å². The van der Waals surface area contributed by atoms with Gasteiger partial charge in [0.05, 0.1) is 15.7 Å². The Balaban J connectivity index is 1.81. The van der Waals surface area contributed by atoms with Gasteiger partial charge in [0.2, 0.25) is 0 Å². The molecule has 0 aliphatic heterocycles. The molecule has 0 radical (unpaired) electrons. The van der Waals surface area contributed by atoms with Gasteiger partial charge in [0, 0.05) is 16.1 Å². The zero-order valence-electron chi connectivity index (χ0n) is 13.4. The summed E-state index contributed by atoms with van der Waals surface area (Å²) in [6.45, 7) is 1.43. The van der Waals surface area contributed by atoms with Crippen molar-refractivity contribution in [2.45, 2.75) is 6.92 Å². The number of anilines is 1. The lowest BCUT2D eigenvalue weighted by atomic mass is 10.2. The third-order valence-electron chi connectivity index (χ3n) is 3.53. The maximum absolute atomic E-state index is 13.7. The van der Waals surface area contributed by atoms with Crippen LogP contribution in [0, 0.1) is 12.7 Å². The molecule has 0 atom stereocenters. The molecule has 3 aromatic rings. The number of hydrogen-bond donors (Lipinski definition) is 1. The number of ether oxygens (including phenoxy) is 1. The molecule has 0 bridgehead atoms. The van der Waals surface area contributed by atoms with Crippen LogP contribution in [0.5, 0.6) is 5.75 Å². The summed E-state index contributed by atoms with van der Waals surface area (Å²) in [5.74, 6) is -0.961. The summed E-state index contributed by atoms with van der Waals surface area (Å²) in [5, 5.41) is 3.95. The number of aromatic nitrogens is 1. The van der Waals surface area contributed by atoms with Crippen molar-refractivity contribution in [3.63, 3.8) is 0 Å². The molecule has 1 heterocycles. The molecule has 1 aromatic heterocycles. The van der Waals surface area contributed by atoms with E-state index in [-0.39, 0.29) is 28.1 Å². The highest BCUT2D eigenvalue weighted by Gasteiger charge is 2.15. The summed E-state index contributed by atoms with van der Waals surface area (Å²) in [7, 11) is 0. The van der Waals surface area contributed by atoms with Gasteiger partial charge in [-0.15, -0.1) is 0 Å². The van der Waals surface area contributed by atoms with Crippen LogP contribution in [0.3, 0.4) is 0 Å². The van der Waals surface area contributed by atoms with Crippen LogP contribution in [0.4, 0.5) is 10.1 Å². The van der Waals surface area contributed by atoms with E-state index in [9.17, 15) is 9.18 Å². The second kappa shape index (κ2) is 7.66. The largest absolute Gasteiger partial charge is 0.480 e. The van der Waals surface area contributed by atoms with Gasteiger partial charge in [0.1, 0.15) is 11.3 Å². The van der Waals surface area contributed by atoms with Gasteiger partial charge in [0.25, 0.3) is 5.91 Å². The molecule has 0 saturated heterocycles. The maximum Gasteiger partial charge on any atom is 0.262 e. The maximum atomic E-state index is 13.7. The normalized spacial score (nSPS) is 10.8. The number of hydrogen-bond acceptors (Lipinski definition) is 3. The number of benzene rings is 2. The van der Waals surface area contributed by atoms with Crippen molar-refractivity contribution in [1.82, 2.24) is 4.98 Å². The number of amides is 1. The van der Waals surface area contributed by atoms with Crippen LogP contribution in [0.2, 0.25) is 15.1 Å². The molecule has 1 N–H and O–H groups in total. The summed E-state index contributed by atoms with van der Waals surface area (Å²) in [4.78, 5) is 16.5. The van der Waals surface area contributed by atoms with Crippen LogP contribution in [0.1, 0.15) is 5.69 Å². The monoisotopic (exact) mass is 412 g/mol. The fraction of sp³-hybridized carbons (Fsp3) is 0.111. The minimum absolute atomic E-state index is 0.00373. The summed E-state index contributed by atoms with van der Waals surface area (Å²) >= 11 is 18.0. The van der Waals surface area contributed by atoms with Crippen molar-refractivity contribution in [3.05, 3.63) is 63.0 Å². The van der Waals surface area contributed by atoms with E-state index in [4.69, 9.17) is 39.5 Å². The Bertz CT molecular complexity index is 1010. The standard InChI is InChI=1S/C18H12Cl3FN2O2/c1-9-2-4-11-12(20)7-13(21)18(17(11)23-9)26-8-16(25)24-15-5-3-10(19)6-14(15)22/h2-7H,8H2,1H3,(H,24,25). The lowest BCUT2D eigenvalue weighted by Gasteiger charge is -2.12. The van der Waals surface area contributed by atoms with Gasteiger partial charge in [-0.2, -0.15) is 0 Å². The van der Waals surface area contributed by atoms with Crippen LogP contribution in [-0.4, -0.2) is 17.5 Å². The van der Waals surface area contributed by atoms with E-state index >= 15 is 0 Å². The van der Waals surface area contributed by atoms with Gasteiger partial charge in [-0.05, 0) is 43.3 Å². The van der Waals surface area contributed by atoms with Crippen molar-refractivity contribution < 1.29 is 13.9 Å². The fourth-order valence-corrected chi connectivity index (χ4v) is 3.07. The lowest BCUT2D eigenvalue weighted by Crippen LogP contribution is -2.21. The predicted octanol–water partition coefficient (Wildman–Crippen LogP) is 5.66. The second-order valence-corrected chi connectivity index (χ2v) is 6.73. The highest BCUT2D eigenvalue weighted by Crippen LogP contribution is 2.37. The first kappa shape index (κ1) is 18.7. The minimum atomic E-state index is -0.641. The smallest absolute Gasteiger partial charge is 0.262 e. The Morgan fingerprint density at radius 2 is 1.92 bits per heavy atom. The SMILES string of the molecule is Cc1ccc2c(Cl)cc(Cl)c(OCC(=O)Nc3ccc(Cl)cc3F)c2n1. The Morgan fingerprint density at radius 3 is 2.65 bits per heavy atom. The predicted molar refractivity (Wildman–Crippen MR) is 102 cm³/mol. The van der Waals surface area contributed by atoms with E-state index in [2.05, 4.69) is 10.3 Å². The number of halogens is 4. The molecule has 8 heteroatoms. The Morgan fingerprint density at radius 1 is 1.15 bits per heavy atom. The molecular formula is C18H12Cl3FN2O2. The highest BCUT2D eigenvalue weighted by atomic mass is 35.5. The Labute approximate surface area is 163 Å². The van der Waals surface area contributed by atoms with Crippen LogP contribution in [-0.2, 0) is 4.79 Å². The Kier molecular flexibility index (Phi) is 5.51. The summed E-state index contributed by atoms with van der Waals surface area (Å²) in [6.07, 6.45) is 0. The van der Waals surface area contributed by atoms with E-state index in [1.54, 1.807) is 6.07 Å². The van der Waals surface area contributed by atoms with E-state index in [1.165, 1.54) is 18.2 Å². The molecule has 0 aliphatic carbocycles. The number of nitrogens with one attached hydrogen (secondary N) is 1. The second-order valence-electron chi connectivity index (χ2n) is 5.48. The number of carbonyl (C=O) groups excluding carboxylic acids is 1. The minimum Gasteiger partial charge on any atom is -0.480 e. The first-order chi connectivity index (χ1) is 12.3. The molecule has 0 unspecified atom stereocenters. The van der Waals surface area contributed by atoms with Gasteiger partial charge in [0.15, 0.2) is 12.4 Å². The molecule has 4 nitrogen and oxygen atoms in total. The average molecular weight is 414 g/mol. The summed E-state index contributed by atoms with van der Waals surface area (Å²) in [5.41, 5.74) is 1.20. The zero-order valence-corrected chi connectivity index (χ0v) is 15.7. The van der Waals surface area contributed by atoms with E-state index in [1.807, 2.05) is 13.0 Å². The number of pyridine rings is 1. The molecule has 0 aliphatic rings. The molecule has 134 valence electrons. The van der Waals surface area contributed by atoms with Crippen molar-refractivity contribution in [3.8, 4) is 5.75 Å². The van der Waals surface area contributed by atoms with Crippen LogP contribution >= 0.6 is 34.8 Å². The van der Waals surface area contributed by atoms with Gasteiger partial charge in [-0.1, -0.05) is 34.8 Å². The van der Waals surface area contributed by atoms with Crippen LogP contribution < -0.4 is 10.1 Å². The first-order valence-corrected chi connectivity index (χ1v) is 8.61. The van der Waals surface area contributed by atoms with E-state index in [0.29, 0.717) is 15.9 Å². The zero-order chi connectivity index (χ0) is 18.8. The molecule has 2 aromatic carbocycles. The van der Waals surface area contributed by atoms with Gasteiger partial charge in [-0.3, -0.25) is 4.79 Å². The number of aryl methyl sites for hydroxylation is 1.